The van der Waals surface area contributed by atoms with Crippen molar-refractivity contribution >= 4 is 40.6 Å². The number of carboxylic acid groups (broad SMARTS) is 1. The molecule has 2 aromatic rings. The zero-order valence-corrected chi connectivity index (χ0v) is 17.8. The minimum atomic E-state index is -1.03. The van der Waals surface area contributed by atoms with Crippen LogP contribution < -0.4 is 9.47 Å². The maximum absolute atomic E-state index is 12.9. The third kappa shape index (κ3) is 5.08. The van der Waals surface area contributed by atoms with Gasteiger partial charge in [-0.25, -0.2) is 9.79 Å². The molecule has 1 amide bonds. The molecular weight excluding hydrogens is 416 g/mol. The molecule has 3 rings (SSSR count). The molecule has 1 saturated heterocycles. The summed E-state index contributed by atoms with van der Waals surface area (Å²) in [5.74, 6) is 2.22. The number of methoxy groups -OCH3 is 1. The highest BCUT2D eigenvalue weighted by molar-refractivity contribution is 8.18. The van der Waals surface area contributed by atoms with E-state index in [0.29, 0.717) is 33.8 Å². The van der Waals surface area contributed by atoms with E-state index in [2.05, 4.69) is 10.9 Å². The van der Waals surface area contributed by atoms with Crippen LogP contribution in [0.15, 0.2) is 52.4 Å². The maximum atomic E-state index is 12.9. The van der Waals surface area contributed by atoms with Crippen molar-refractivity contribution in [2.24, 2.45) is 4.99 Å². The molecule has 31 heavy (non-hydrogen) atoms. The monoisotopic (exact) mass is 436 g/mol. The van der Waals surface area contributed by atoms with E-state index < -0.39 is 5.97 Å². The van der Waals surface area contributed by atoms with Gasteiger partial charge in [-0.05, 0) is 60.7 Å². The van der Waals surface area contributed by atoms with Gasteiger partial charge in [-0.3, -0.25) is 9.69 Å². The number of likely N-dealkylation sites (N-methyl/N-ethyl adjacent to an activating group) is 1. The van der Waals surface area contributed by atoms with E-state index in [1.165, 1.54) is 31.0 Å². The highest BCUT2D eigenvalue weighted by atomic mass is 32.2. The molecule has 0 bridgehead atoms. The summed E-state index contributed by atoms with van der Waals surface area (Å²) < 4.78 is 10.8. The van der Waals surface area contributed by atoms with E-state index in [0.717, 1.165) is 5.56 Å². The second-order valence-electron chi connectivity index (χ2n) is 6.31. The fraction of sp³-hybridized carbons (Fsp3) is 0.174. The number of terminal acetylenes is 1. The van der Waals surface area contributed by atoms with Gasteiger partial charge in [0.15, 0.2) is 16.7 Å². The number of amidine groups is 1. The predicted molar refractivity (Wildman–Crippen MR) is 121 cm³/mol. The van der Waals surface area contributed by atoms with Gasteiger partial charge < -0.3 is 14.6 Å². The van der Waals surface area contributed by atoms with E-state index in [1.54, 1.807) is 41.3 Å². The largest absolute Gasteiger partial charge is 0.493 e. The van der Waals surface area contributed by atoms with Crippen LogP contribution in [0.25, 0.3) is 6.08 Å². The normalized spacial score (nSPS) is 15.9. The second kappa shape index (κ2) is 9.87. The molecule has 0 radical (unpaired) electrons. The number of thioether (sulfide) groups is 1. The Bertz CT molecular complexity index is 1120. The predicted octanol–water partition coefficient (Wildman–Crippen LogP) is 4.03. The molecule has 0 atom stereocenters. The number of carbonyl (C=O) groups excluding carboxylic acids is 1. The first kappa shape index (κ1) is 22.0. The molecule has 0 spiro atoms. The van der Waals surface area contributed by atoms with Gasteiger partial charge in [0.1, 0.15) is 6.61 Å². The van der Waals surface area contributed by atoms with Gasteiger partial charge in [0.2, 0.25) is 0 Å². The molecule has 1 aliphatic heterocycles. The van der Waals surface area contributed by atoms with Crippen molar-refractivity contribution in [2.45, 2.75) is 6.92 Å². The molecule has 1 heterocycles. The highest BCUT2D eigenvalue weighted by Gasteiger charge is 2.32. The highest BCUT2D eigenvalue weighted by Crippen LogP contribution is 2.35. The van der Waals surface area contributed by atoms with E-state index >= 15 is 0 Å². The Morgan fingerprint density at radius 3 is 2.77 bits per heavy atom. The van der Waals surface area contributed by atoms with Crippen LogP contribution in [0.2, 0.25) is 0 Å². The molecule has 1 N–H and O–H groups in total. The van der Waals surface area contributed by atoms with Crippen molar-refractivity contribution in [1.29, 1.82) is 0 Å². The van der Waals surface area contributed by atoms with Gasteiger partial charge >= 0.3 is 5.97 Å². The molecule has 0 unspecified atom stereocenters. The lowest BCUT2D eigenvalue weighted by Crippen LogP contribution is -2.28. The third-order valence-corrected chi connectivity index (χ3v) is 5.33. The fourth-order valence-corrected chi connectivity index (χ4v) is 3.92. The molecular formula is C23H20N2O5S. The van der Waals surface area contributed by atoms with Crippen molar-refractivity contribution < 1.29 is 24.2 Å². The number of rotatable bonds is 7. The number of hydrogen-bond acceptors (Lipinski definition) is 6. The number of amides is 1. The summed E-state index contributed by atoms with van der Waals surface area (Å²) in [4.78, 5) is 30.6. The second-order valence-corrected chi connectivity index (χ2v) is 7.32. The standard InChI is InChI=1S/C23H20N2O5S/c1-4-11-30-18-10-9-15(12-19(18)29-3)13-20-21(26)25(5-2)23(31-20)24-17-8-6-7-16(14-17)22(27)28/h1,6-10,12-14H,5,11H2,2-3H3,(H,27,28). The Hall–Kier alpha value is -3.70. The van der Waals surface area contributed by atoms with E-state index in [9.17, 15) is 14.7 Å². The summed E-state index contributed by atoms with van der Waals surface area (Å²) in [7, 11) is 1.53. The van der Waals surface area contributed by atoms with Crippen molar-refractivity contribution in [3.63, 3.8) is 0 Å². The first-order valence-corrected chi connectivity index (χ1v) is 10.2. The number of aromatic carboxylic acids is 1. The number of carbonyl (C=O) groups is 2. The number of hydrogen-bond donors (Lipinski definition) is 1. The van der Waals surface area contributed by atoms with Crippen LogP contribution in [0.1, 0.15) is 22.8 Å². The number of aliphatic imine (C=N–C) groups is 1. The zero-order chi connectivity index (χ0) is 22.4. The molecule has 2 aromatic carbocycles. The summed E-state index contributed by atoms with van der Waals surface area (Å²) in [5, 5.41) is 9.66. The van der Waals surface area contributed by atoms with Crippen molar-refractivity contribution in [3.8, 4) is 23.8 Å². The van der Waals surface area contributed by atoms with Crippen LogP contribution in [0.4, 0.5) is 5.69 Å². The summed E-state index contributed by atoms with van der Waals surface area (Å²) in [6.07, 6.45) is 6.98. The molecule has 0 aliphatic carbocycles. The first-order valence-electron chi connectivity index (χ1n) is 9.34. The first-order chi connectivity index (χ1) is 15.0. The lowest BCUT2D eigenvalue weighted by molar-refractivity contribution is -0.122. The number of nitrogens with zero attached hydrogens (tertiary/aromatic N) is 2. The Kier molecular flexibility index (Phi) is 7.00. The van der Waals surface area contributed by atoms with Gasteiger partial charge in [0.05, 0.1) is 23.3 Å². The molecule has 0 saturated carbocycles. The van der Waals surface area contributed by atoms with Crippen LogP contribution in [0.5, 0.6) is 11.5 Å². The molecule has 8 heteroatoms. The van der Waals surface area contributed by atoms with Crippen molar-refractivity contribution in [3.05, 3.63) is 58.5 Å². The number of carboxylic acids is 1. The van der Waals surface area contributed by atoms with E-state index in [-0.39, 0.29) is 18.1 Å². The Morgan fingerprint density at radius 1 is 1.29 bits per heavy atom. The van der Waals surface area contributed by atoms with Gasteiger partial charge in [0.25, 0.3) is 5.91 Å². The quantitative estimate of drug-likeness (QED) is 0.521. The molecule has 1 aliphatic rings. The fourth-order valence-electron chi connectivity index (χ4n) is 2.85. The number of ether oxygens (including phenoxy) is 2. The van der Waals surface area contributed by atoms with Crippen LogP contribution in [-0.2, 0) is 4.79 Å². The lowest BCUT2D eigenvalue weighted by atomic mass is 10.2. The van der Waals surface area contributed by atoms with E-state index in [4.69, 9.17) is 15.9 Å². The van der Waals surface area contributed by atoms with Crippen LogP contribution in [0.3, 0.4) is 0 Å². The summed E-state index contributed by atoms with van der Waals surface area (Å²) in [6, 6.07) is 11.6. The van der Waals surface area contributed by atoms with Crippen LogP contribution >= 0.6 is 11.8 Å². The minimum Gasteiger partial charge on any atom is -0.493 e. The van der Waals surface area contributed by atoms with Crippen LogP contribution in [0, 0.1) is 12.3 Å². The van der Waals surface area contributed by atoms with Crippen LogP contribution in [-0.4, -0.2) is 47.3 Å². The number of benzene rings is 2. The Labute approximate surface area is 184 Å². The van der Waals surface area contributed by atoms with Gasteiger partial charge in [-0.15, -0.1) is 6.42 Å². The summed E-state index contributed by atoms with van der Waals surface area (Å²) >= 11 is 1.23. The zero-order valence-electron chi connectivity index (χ0n) is 17.0. The van der Waals surface area contributed by atoms with Crippen molar-refractivity contribution in [1.82, 2.24) is 4.90 Å². The molecule has 7 nitrogen and oxygen atoms in total. The topological polar surface area (TPSA) is 88.4 Å². The molecule has 0 aromatic heterocycles. The van der Waals surface area contributed by atoms with E-state index in [1.807, 2.05) is 6.92 Å². The van der Waals surface area contributed by atoms with Gasteiger partial charge in [-0.2, -0.15) is 0 Å². The molecule has 1 fully saturated rings. The average Bonchev–Trinajstić information content (AvgIpc) is 3.06. The smallest absolute Gasteiger partial charge is 0.335 e. The lowest BCUT2D eigenvalue weighted by Gasteiger charge is -2.12. The maximum Gasteiger partial charge on any atom is 0.335 e. The summed E-state index contributed by atoms with van der Waals surface area (Å²) in [6.45, 7) is 2.41. The minimum absolute atomic E-state index is 0.125. The summed E-state index contributed by atoms with van der Waals surface area (Å²) in [5.41, 5.74) is 1.35. The Balaban J connectivity index is 1.91. The SMILES string of the molecule is C#CCOc1ccc(C=C2SC(=Nc3cccc(C(=O)O)c3)N(CC)C2=O)cc1OC. The van der Waals surface area contributed by atoms with Gasteiger partial charge in [-0.1, -0.05) is 18.1 Å². The molecule has 158 valence electrons. The average molecular weight is 436 g/mol. The Morgan fingerprint density at radius 2 is 2.10 bits per heavy atom. The third-order valence-electron chi connectivity index (χ3n) is 4.32. The van der Waals surface area contributed by atoms with Crippen molar-refractivity contribution in [2.75, 3.05) is 20.3 Å². The van der Waals surface area contributed by atoms with Gasteiger partial charge in [0, 0.05) is 6.54 Å².